The Bertz CT molecular complexity index is 934. The Morgan fingerprint density at radius 3 is 2.78 bits per heavy atom. The lowest BCUT2D eigenvalue weighted by Crippen LogP contribution is -2.34. The molecular formula is C17H19N5O5. The zero-order chi connectivity index (χ0) is 19.0. The van der Waals surface area contributed by atoms with Crippen LogP contribution in [-0.2, 0) is 16.1 Å². The largest absolute Gasteiger partial charge is 0.740 e. The maximum Gasteiger partial charge on any atom is 0.251 e. The van der Waals surface area contributed by atoms with Gasteiger partial charge in [0.2, 0.25) is 12.0 Å². The number of benzene rings is 1. The molecule has 0 spiro atoms. The quantitative estimate of drug-likeness (QED) is 0.401. The van der Waals surface area contributed by atoms with Crippen molar-refractivity contribution in [3.8, 4) is 0 Å². The Balaban J connectivity index is 1.48. The number of nitrogen functional groups attached to an aromatic ring is 1. The lowest BCUT2D eigenvalue weighted by atomic mass is 10.1. The summed E-state index contributed by atoms with van der Waals surface area (Å²) in [5.41, 5.74) is 7.17. The standard InChI is InChI=1S/C17H19N5O5/c18-15-12-16(20-9-22(15)25)21(8-19-12)17-14(24)13(23)11(27-17)7-26-6-10-4-2-1-3-5-10/h1-5,8-9,11,13-14,17,23-24H,6-7,18H2/t11-,13-,14-,17-/m1/s1. The third-order valence-corrected chi connectivity index (χ3v) is 4.54. The molecule has 0 unspecified atom stereocenters. The molecule has 0 saturated carbocycles. The van der Waals surface area contributed by atoms with Crippen molar-refractivity contribution in [3.63, 3.8) is 0 Å². The molecule has 1 aliphatic heterocycles. The fourth-order valence-electron chi connectivity index (χ4n) is 3.09. The molecule has 4 N–H and O–H groups in total. The van der Waals surface area contributed by atoms with Crippen LogP contribution in [0.25, 0.3) is 11.2 Å². The van der Waals surface area contributed by atoms with E-state index in [0.29, 0.717) is 11.3 Å². The molecular weight excluding hydrogens is 354 g/mol. The maximum absolute atomic E-state index is 11.5. The van der Waals surface area contributed by atoms with Crippen molar-refractivity contribution in [2.45, 2.75) is 31.1 Å². The highest BCUT2D eigenvalue weighted by molar-refractivity contribution is 5.79. The second-order valence-corrected chi connectivity index (χ2v) is 6.33. The van der Waals surface area contributed by atoms with Crippen LogP contribution < -0.4 is 10.5 Å². The summed E-state index contributed by atoms with van der Waals surface area (Å²) < 4.78 is 13.2. The van der Waals surface area contributed by atoms with Gasteiger partial charge in [-0.25, -0.2) is 9.71 Å². The first kappa shape index (κ1) is 17.6. The molecule has 0 bridgehead atoms. The summed E-state index contributed by atoms with van der Waals surface area (Å²) in [6, 6.07) is 9.60. The van der Waals surface area contributed by atoms with Crippen LogP contribution in [-0.4, -0.2) is 49.7 Å². The van der Waals surface area contributed by atoms with Crippen molar-refractivity contribution in [1.82, 2.24) is 14.5 Å². The van der Waals surface area contributed by atoms with Crippen molar-refractivity contribution in [1.29, 1.82) is 0 Å². The molecule has 1 aliphatic rings. The van der Waals surface area contributed by atoms with E-state index < -0.39 is 24.5 Å². The third kappa shape index (κ3) is 3.19. The molecule has 2 aromatic heterocycles. The molecule has 3 heterocycles. The number of ether oxygens (including phenoxy) is 2. The molecule has 0 aliphatic carbocycles. The fourth-order valence-corrected chi connectivity index (χ4v) is 3.09. The van der Waals surface area contributed by atoms with E-state index in [1.807, 2.05) is 30.3 Å². The highest BCUT2D eigenvalue weighted by atomic mass is 16.6. The van der Waals surface area contributed by atoms with Crippen LogP contribution in [0.2, 0.25) is 0 Å². The van der Waals surface area contributed by atoms with E-state index in [9.17, 15) is 15.4 Å². The molecule has 3 aromatic rings. The van der Waals surface area contributed by atoms with E-state index in [4.69, 9.17) is 15.2 Å². The summed E-state index contributed by atoms with van der Waals surface area (Å²) in [5.74, 6) is -0.102. The minimum absolute atomic E-state index is 0.102. The zero-order valence-electron chi connectivity index (χ0n) is 14.3. The molecule has 4 atom stereocenters. The summed E-state index contributed by atoms with van der Waals surface area (Å²) in [4.78, 5) is 8.06. The number of aliphatic hydroxyl groups is 2. The van der Waals surface area contributed by atoms with Gasteiger partial charge >= 0.3 is 0 Å². The predicted octanol–water partition coefficient (Wildman–Crippen LogP) is -0.517. The monoisotopic (exact) mass is 373 g/mol. The number of rotatable bonds is 5. The number of aromatic nitrogens is 4. The lowest BCUT2D eigenvalue weighted by Gasteiger charge is -2.15. The van der Waals surface area contributed by atoms with Gasteiger partial charge in [0.1, 0.15) is 24.6 Å². The van der Waals surface area contributed by atoms with E-state index in [2.05, 4.69) is 9.97 Å². The van der Waals surface area contributed by atoms with Crippen LogP contribution in [0.3, 0.4) is 0 Å². The van der Waals surface area contributed by atoms with Gasteiger partial charge in [0, 0.05) is 0 Å². The van der Waals surface area contributed by atoms with Gasteiger partial charge in [-0.2, -0.15) is 0 Å². The Morgan fingerprint density at radius 2 is 2.00 bits per heavy atom. The van der Waals surface area contributed by atoms with Crippen LogP contribution in [0, 0.1) is 5.21 Å². The fraction of sp³-hybridized carbons (Fsp3) is 0.353. The Hall–Kier alpha value is -2.79. The van der Waals surface area contributed by atoms with Gasteiger partial charge in [-0.1, -0.05) is 35.3 Å². The average molecular weight is 373 g/mol. The molecule has 0 radical (unpaired) electrons. The summed E-state index contributed by atoms with van der Waals surface area (Å²) in [6.45, 7) is 0.468. The highest BCUT2D eigenvalue weighted by Crippen LogP contribution is 2.32. The van der Waals surface area contributed by atoms with Gasteiger partial charge in [0.25, 0.3) is 5.82 Å². The van der Waals surface area contributed by atoms with Crippen molar-refractivity contribution in [2.24, 2.45) is 0 Å². The summed E-state index contributed by atoms with van der Waals surface area (Å²) in [6.07, 6.45) is -1.64. The zero-order valence-corrected chi connectivity index (χ0v) is 14.3. The number of aliphatic hydroxyl groups excluding tert-OH is 2. The van der Waals surface area contributed by atoms with Gasteiger partial charge in [0.05, 0.1) is 13.2 Å². The molecule has 0 amide bonds. The Morgan fingerprint density at radius 1 is 1.22 bits per heavy atom. The van der Waals surface area contributed by atoms with Gasteiger partial charge in [-0.05, 0) is 5.56 Å². The molecule has 27 heavy (non-hydrogen) atoms. The smallest absolute Gasteiger partial charge is 0.251 e. The van der Waals surface area contributed by atoms with E-state index in [-0.39, 0.29) is 23.6 Å². The molecule has 142 valence electrons. The van der Waals surface area contributed by atoms with Crippen LogP contribution in [0.4, 0.5) is 5.82 Å². The topological polar surface area (TPSA) is 143 Å². The lowest BCUT2D eigenvalue weighted by molar-refractivity contribution is -0.592. The van der Waals surface area contributed by atoms with Crippen LogP contribution in [0.1, 0.15) is 11.8 Å². The van der Waals surface area contributed by atoms with Gasteiger partial charge in [-0.15, -0.1) is 0 Å². The first-order valence-electron chi connectivity index (χ1n) is 8.39. The number of hydrogen-bond donors (Lipinski definition) is 3. The second-order valence-electron chi connectivity index (χ2n) is 6.33. The van der Waals surface area contributed by atoms with Crippen molar-refractivity contribution < 1.29 is 24.4 Å². The van der Waals surface area contributed by atoms with Crippen molar-refractivity contribution in [2.75, 3.05) is 12.3 Å². The summed E-state index contributed by atoms with van der Waals surface area (Å²) in [5, 5.41) is 32.2. The Kier molecular flexibility index (Phi) is 4.62. The van der Waals surface area contributed by atoms with Crippen LogP contribution in [0.5, 0.6) is 0 Å². The van der Waals surface area contributed by atoms with Gasteiger partial charge in [0.15, 0.2) is 11.7 Å². The SMILES string of the molecule is Nc1c2ncn([C@@H]3O[C@H](COCc4ccccc4)[C@@H](O)[C@H]3O)c2nc[n+]1[O-]. The highest BCUT2D eigenvalue weighted by Gasteiger charge is 2.44. The van der Waals surface area contributed by atoms with E-state index in [1.165, 1.54) is 10.9 Å². The number of nitrogens with zero attached hydrogens (tertiary/aromatic N) is 4. The molecule has 10 nitrogen and oxygen atoms in total. The normalized spacial score (nSPS) is 25.3. The predicted molar refractivity (Wildman–Crippen MR) is 92.9 cm³/mol. The number of anilines is 1. The molecule has 1 aromatic carbocycles. The number of hydrogen-bond acceptors (Lipinski definition) is 8. The number of imidazole rings is 1. The van der Waals surface area contributed by atoms with Gasteiger partial charge in [-0.3, -0.25) is 4.57 Å². The van der Waals surface area contributed by atoms with Crippen LogP contribution >= 0.6 is 0 Å². The van der Waals surface area contributed by atoms with Crippen molar-refractivity contribution >= 4 is 17.0 Å². The summed E-state index contributed by atoms with van der Waals surface area (Å²) in [7, 11) is 0. The average Bonchev–Trinajstić information content (AvgIpc) is 3.22. The molecule has 1 fully saturated rings. The van der Waals surface area contributed by atoms with Crippen molar-refractivity contribution in [3.05, 3.63) is 53.8 Å². The van der Waals surface area contributed by atoms with E-state index >= 15 is 0 Å². The number of nitrogens with two attached hydrogens (primary N) is 1. The molecule has 1 saturated heterocycles. The first-order chi connectivity index (χ1) is 13.1. The number of fused-ring (bicyclic) bond motifs is 1. The van der Waals surface area contributed by atoms with E-state index in [1.54, 1.807) is 0 Å². The van der Waals surface area contributed by atoms with E-state index in [0.717, 1.165) is 11.9 Å². The molecule has 4 rings (SSSR count). The summed E-state index contributed by atoms with van der Waals surface area (Å²) >= 11 is 0. The van der Waals surface area contributed by atoms with Gasteiger partial charge < -0.3 is 30.6 Å². The minimum Gasteiger partial charge on any atom is -0.740 e. The third-order valence-electron chi connectivity index (χ3n) is 4.54. The second kappa shape index (κ2) is 7.08. The Labute approximate surface area is 154 Å². The molecule has 10 heteroatoms. The maximum atomic E-state index is 11.5. The minimum atomic E-state index is -1.21. The van der Waals surface area contributed by atoms with Crippen LogP contribution in [0.15, 0.2) is 43.0 Å². The first-order valence-corrected chi connectivity index (χ1v) is 8.39.